The molecule has 0 aromatic heterocycles. The molecular weight excluding hydrogens is 165 g/mol. The van der Waals surface area contributed by atoms with Crippen molar-refractivity contribution in [2.45, 2.75) is 19.8 Å². The van der Waals surface area contributed by atoms with E-state index >= 15 is 0 Å². The fourth-order valence-electron chi connectivity index (χ4n) is 1.16. The lowest BCUT2D eigenvalue weighted by Crippen LogP contribution is -1.99. The van der Waals surface area contributed by atoms with Gasteiger partial charge in [0, 0.05) is 0 Å². The fraction of sp³-hybridized carbons (Fsp3) is 0.300. The average molecular weight is 177 g/mol. The first-order valence-electron chi connectivity index (χ1n) is 4.06. The van der Waals surface area contributed by atoms with Crippen LogP contribution in [-0.2, 0) is 6.42 Å². The summed E-state index contributed by atoms with van der Waals surface area (Å²) in [6, 6.07) is 8.11. The van der Waals surface area contributed by atoms with Gasteiger partial charge in [-0.3, -0.25) is 0 Å². The molecule has 1 nitrogen and oxygen atoms in total. The third kappa shape index (κ3) is 2.06. The van der Waals surface area contributed by atoms with E-state index in [1.165, 1.54) is 5.56 Å². The lowest BCUT2D eigenvalue weighted by molar-refractivity contribution is 0.923. The molecule has 0 aliphatic carbocycles. The topological polar surface area (TPSA) is 23.8 Å². The Kier molecular flexibility index (Phi) is 3.26. The Morgan fingerprint density at radius 1 is 1.50 bits per heavy atom. The molecule has 0 bridgehead atoms. The van der Waals surface area contributed by atoms with Crippen molar-refractivity contribution in [1.82, 2.24) is 0 Å². The second-order valence-electron chi connectivity index (χ2n) is 2.78. The van der Waals surface area contributed by atoms with Crippen LogP contribution in [0.1, 0.15) is 24.5 Å². The summed E-state index contributed by atoms with van der Waals surface area (Å²) in [4.78, 5) is 0. The van der Waals surface area contributed by atoms with Crippen molar-refractivity contribution in [3.63, 3.8) is 0 Å². The summed E-state index contributed by atoms with van der Waals surface area (Å²) in [6.45, 7) is 2.15. The summed E-state index contributed by atoms with van der Waals surface area (Å²) in [5.41, 5.74) is 2.06. The van der Waals surface area contributed by atoms with Gasteiger partial charge in [0.2, 0.25) is 0 Å². The highest BCUT2D eigenvalue weighted by molar-refractivity contribution is 7.27. The van der Waals surface area contributed by atoms with Gasteiger partial charge in [0.1, 0.15) is 0 Å². The smallest absolute Gasteiger partial charge is 0.0998 e. The number of hydrogen-bond donors (Lipinski definition) is 0. The van der Waals surface area contributed by atoms with Gasteiger partial charge in [-0.05, 0) is 23.4 Å². The zero-order chi connectivity index (χ0) is 8.97. The van der Waals surface area contributed by atoms with E-state index in [2.05, 4.69) is 28.3 Å². The second kappa shape index (κ2) is 4.24. The predicted octanol–water partition coefficient (Wildman–Crippen LogP) is 2.01. The number of rotatable bonds is 2. The van der Waals surface area contributed by atoms with Gasteiger partial charge in [-0.25, -0.2) is 0 Å². The molecule has 1 atom stereocenters. The van der Waals surface area contributed by atoms with Crippen molar-refractivity contribution < 1.29 is 0 Å². The molecule has 0 radical (unpaired) electrons. The van der Waals surface area contributed by atoms with Gasteiger partial charge in [0.05, 0.1) is 11.6 Å². The van der Waals surface area contributed by atoms with Crippen LogP contribution in [0.4, 0.5) is 0 Å². The van der Waals surface area contributed by atoms with Crippen LogP contribution in [-0.4, -0.2) is 0 Å². The molecule has 1 rings (SSSR count). The molecule has 0 aliphatic heterocycles. The fourth-order valence-corrected chi connectivity index (χ4v) is 1.53. The molecule has 0 spiro atoms. The Morgan fingerprint density at radius 2 is 2.25 bits per heavy atom. The van der Waals surface area contributed by atoms with Crippen molar-refractivity contribution in [3.8, 4) is 6.07 Å². The maximum absolute atomic E-state index is 8.68. The van der Waals surface area contributed by atoms with Crippen LogP contribution in [0.2, 0.25) is 0 Å². The summed E-state index contributed by atoms with van der Waals surface area (Å²) in [7, 11) is 2.59. The predicted molar refractivity (Wildman–Crippen MR) is 54.5 cm³/mol. The molecule has 62 valence electrons. The molecule has 1 aromatic rings. The standard InChI is InChI=1S/C10H12NP/c1-2-3-8-4-5-9(7-11)10(12)6-8/h4-6H,2-3,12H2,1H3. The number of nitrogens with zero attached hydrogens (tertiary/aromatic N) is 1. The highest BCUT2D eigenvalue weighted by Gasteiger charge is 1.97. The molecule has 0 N–H and O–H groups in total. The molecule has 1 aromatic carbocycles. The van der Waals surface area contributed by atoms with Gasteiger partial charge < -0.3 is 0 Å². The largest absolute Gasteiger partial charge is 0.192 e. The van der Waals surface area contributed by atoms with Crippen LogP contribution in [0.25, 0.3) is 0 Å². The monoisotopic (exact) mass is 177 g/mol. The number of benzene rings is 1. The van der Waals surface area contributed by atoms with E-state index in [0.717, 1.165) is 23.7 Å². The number of hydrogen-bond acceptors (Lipinski definition) is 1. The summed E-state index contributed by atoms with van der Waals surface area (Å²) in [5.74, 6) is 0. The Morgan fingerprint density at radius 3 is 2.75 bits per heavy atom. The van der Waals surface area contributed by atoms with Crippen molar-refractivity contribution >= 4 is 14.5 Å². The first-order chi connectivity index (χ1) is 5.77. The van der Waals surface area contributed by atoms with E-state index in [9.17, 15) is 0 Å². The van der Waals surface area contributed by atoms with Crippen molar-refractivity contribution in [3.05, 3.63) is 29.3 Å². The van der Waals surface area contributed by atoms with Crippen LogP contribution < -0.4 is 5.30 Å². The molecule has 12 heavy (non-hydrogen) atoms. The molecule has 0 heterocycles. The van der Waals surface area contributed by atoms with Gasteiger partial charge in [-0.2, -0.15) is 5.26 Å². The van der Waals surface area contributed by atoms with E-state index in [0.29, 0.717) is 0 Å². The summed E-state index contributed by atoms with van der Waals surface area (Å²) in [5, 5.41) is 9.68. The Bertz CT molecular complexity index is 312. The third-order valence-corrected chi connectivity index (χ3v) is 2.25. The van der Waals surface area contributed by atoms with Crippen LogP contribution >= 0.6 is 9.24 Å². The summed E-state index contributed by atoms with van der Waals surface area (Å²) < 4.78 is 0. The van der Waals surface area contributed by atoms with Crippen LogP contribution in [0.3, 0.4) is 0 Å². The Hall–Kier alpha value is -0.860. The Balaban J connectivity index is 2.96. The van der Waals surface area contributed by atoms with E-state index in [4.69, 9.17) is 5.26 Å². The van der Waals surface area contributed by atoms with Gasteiger partial charge in [0.25, 0.3) is 0 Å². The van der Waals surface area contributed by atoms with E-state index in [1.54, 1.807) is 0 Å². The summed E-state index contributed by atoms with van der Waals surface area (Å²) >= 11 is 0. The van der Waals surface area contributed by atoms with E-state index in [-0.39, 0.29) is 0 Å². The zero-order valence-electron chi connectivity index (χ0n) is 7.17. The molecule has 1 unspecified atom stereocenters. The van der Waals surface area contributed by atoms with E-state index in [1.807, 2.05) is 12.1 Å². The minimum atomic E-state index is 0.750. The molecule has 0 saturated heterocycles. The maximum atomic E-state index is 8.68. The van der Waals surface area contributed by atoms with Gasteiger partial charge in [-0.15, -0.1) is 9.24 Å². The zero-order valence-corrected chi connectivity index (χ0v) is 8.33. The average Bonchev–Trinajstić information content (AvgIpc) is 2.05. The Labute approximate surface area is 75.6 Å². The molecule has 0 saturated carbocycles. The molecular formula is C10H12NP. The van der Waals surface area contributed by atoms with Gasteiger partial charge in [0.15, 0.2) is 0 Å². The lowest BCUT2D eigenvalue weighted by Gasteiger charge is -2.01. The molecule has 0 fully saturated rings. The molecule has 2 heteroatoms. The first kappa shape index (κ1) is 9.23. The van der Waals surface area contributed by atoms with Crippen molar-refractivity contribution in [2.24, 2.45) is 0 Å². The van der Waals surface area contributed by atoms with Crippen LogP contribution in [0.15, 0.2) is 18.2 Å². The number of nitriles is 1. The molecule has 0 amide bonds. The highest BCUT2D eigenvalue weighted by atomic mass is 31.0. The van der Waals surface area contributed by atoms with E-state index < -0.39 is 0 Å². The van der Waals surface area contributed by atoms with Crippen LogP contribution in [0, 0.1) is 11.3 Å². The third-order valence-electron chi connectivity index (χ3n) is 1.78. The van der Waals surface area contributed by atoms with Crippen molar-refractivity contribution in [1.29, 1.82) is 5.26 Å². The van der Waals surface area contributed by atoms with Gasteiger partial charge in [-0.1, -0.05) is 25.5 Å². The number of aryl methyl sites for hydroxylation is 1. The summed E-state index contributed by atoms with van der Waals surface area (Å²) in [6.07, 6.45) is 2.24. The second-order valence-corrected chi connectivity index (χ2v) is 3.41. The van der Waals surface area contributed by atoms with Crippen molar-refractivity contribution in [2.75, 3.05) is 0 Å². The minimum Gasteiger partial charge on any atom is -0.192 e. The lowest BCUT2D eigenvalue weighted by atomic mass is 10.1. The highest BCUT2D eigenvalue weighted by Crippen LogP contribution is 2.06. The SMILES string of the molecule is CCCc1ccc(C#N)c(P)c1. The molecule has 0 aliphatic rings. The normalized spacial score (nSPS) is 9.42. The van der Waals surface area contributed by atoms with Crippen LogP contribution in [0.5, 0.6) is 0 Å². The van der Waals surface area contributed by atoms with Gasteiger partial charge >= 0.3 is 0 Å². The quantitative estimate of drug-likeness (QED) is 0.634. The maximum Gasteiger partial charge on any atom is 0.0998 e. The minimum absolute atomic E-state index is 0.750. The first-order valence-corrected chi connectivity index (χ1v) is 4.64.